The van der Waals surface area contributed by atoms with Crippen molar-refractivity contribution in [2.75, 3.05) is 25.5 Å². The molecule has 21 heavy (non-hydrogen) atoms. The van der Waals surface area contributed by atoms with Crippen molar-refractivity contribution in [1.29, 1.82) is 0 Å². The van der Waals surface area contributed by atoms with Crippen molar-refractivity contribution >= 4 is 11.6 Å². The molecule has 2 N–H and O–H groups in total. The van der Waals surface area contributed by atoms with E-state index in [-0.39, 0.29) is 12.0 Å². The number of hydrogen-bond acceptors (Lipinski definition) is 3. The zero-order valence-electron chi connectivity index (χ0n) is 13.0. The minimum Gasteiger partial charge on any atom is -0.393 e. The predicted molar refractivity (Wildman–Crippen MR) is 85.3 cm³/mol. The van der Waals surface area contributed by atoms with E-state index in [9.17, 15) is 9.90 Å². The molecule has 1 aromatic rings. The number of aliphatic hydroxyl groups excluding tert-OH is 1. The van der Waals surface area contributed by atoms with Crippen molar-refractivity contribution in [3.63, 3.8) is 0 Å². The van der Waals surface area contributed by atoms with Gasteiger partial charge in [0.2, 0.25) is 5.91 Å². The van der Waals surface area contributed by atoms with Gasteiger partial charge in [-0.05, 0) is 44.9 Å². The Balaban J connectivity index is 1.77. The number of nitrogens with one attached hydrogen (secondary N) is 1. The second-order valence-corrected chi connectivity index (χ2v) is 6.22. The van der Waals surface area contributed by atoms with E-state index >= 15 is 0 Å². The predicted octanol–water partition coefficient (Wildman–Crippen LogP) is 2.42. The van der Waals surface area contributed by atoms with Gasteiger partial charge in [0.15, 0.2) is 0 Å². The number of carbonyl (C=O) groups is 1. The highest BCUT2D eigenvalue weighted by atomic mass is 16.3. The smallest absolute Gasteiger partial charge is 0.238 e. The highest BCUT2D eigenvalue weighted by Crippen LogP contribution is 2.24. The van der Waals surface area contributed by atoms with E-state index in [1.165, 1.54) is 12.0 Å². The number of carbonyl (C=O) groups excluding carboxylic acids is 1. The third-order valence-corrected chi connectivity index (χ3v) is 4.16. The van der Waals surface area contributed by atoms with Crippen molar-refractivity contribution in [3.8, 4) is 0 Å². The molecule has 1 saturated carbocycles. The highest BCUT2D eigenvalue weighted by molar-refractivity contribution is 5.92. The van der Waals surface area contributed by atoms with Gasteiger partial charge in [0.25, 0.3) is 0 Å². The molecular formula is C17H26N2O2. The minimum absolute atomic E-state index is 0.00773. The Morgan fingerprint density at radius 3 is 2.62 bits per heavy atom. The summed E-state index contributed by atoms with van der Waals surface area (Å²) in [5.74, 6) is 0.294. The molecule has 4 heteroatoms. The summed E-state index contributed by atoms with van der Waals surface area (Å²) in [6.45, 7) is 3.16. The molecule has 1 aliphatic rings. The summed E-state index contributed by atoms with van der Waals surface area (Å²) in [6.07, 6.45) is 4.06. The molecule has 0 spiro atoms. The SMILES string of the molecule is Cc1ccc(NC(=O)CN(C)CC2CCCCC2O)cc1. The molecule has 4 nitrogen and oxygen atoms in total. The van der Waals surface area contributed by atoms with Crippen LogP contribution in [0.15, 0.2) is 24.3 Å². The van der Waals surface area contributed by atoms with Crippen LogP contribution in [0.5, 0.6) is 0 Å². The molecule has 0 aliphatic heterocycles. The van der Waals surface area contributed by atoms with E-state index in [0.29, 0.717) is 12.5 Å². The van der Waals surface area contributed by atoms with Gasteiger partial charge < -0.3 is 10.4 Å². The summed E-state index contributed by atoms with van der Waals surface area (Å²) in [4.78, 5) is 14.0. The number of anilines is 1. The first kappa shape index (κ1) is 16.0. The number of benzene rings is 1. The molecule has 2 atom stereocenters. The quantitative estimate of drug-likeness (QED) is 0.875. The van der Waals surface area contributed by atoms with Crippen molar-refractivity contribution in [3.05, 3.63) is 29.8 Å². The molecule has 2 rings (SSSR count). The molecule has 2 unspecified atom stereocenters. The first-order chi connectivity index (χ1) is 10.0. The van der Waals surface area contributed by atoms with E-state index in [2.05, 4.69) is 5.32 Å². The van der Waals surface area contributed by atoms with E-state index in [1.807, 2.05) is 43.1 Å². The maximum absolute atomic E-state index is 12.0. The van der Waals surface area contributed by atoms with E-state index in [4.69, 9.17) is 0 Å². The van der Waals surface area contributed by atoms with Crippen molar-refractivity contribution < 1.29 is 9.90 Å². The van der Waals surface area contributed by atoms with Gasteiger partial charge >= 0.3 is 0 Å². The first-order valence-electron chi connectivity index (χ1n) is 7.77. The summed E-state index contributed by atoms with van der Waals surface area (Å²) in [6, 6.07) is 7.80. The van der Waals surface area contributed by atoms with Crippen LogP contribution in [0.2, 0.25) is 0 Å². The lowest BCUT2D eigenvalue weighted by Gasteiger charge is -2.30. The number of aliphatic hydroxyl groups is 1. The Kier molecular flexibility index (Phi) is 5.76. The lowest BCUT2D eigenvalue weighted by molar-refractivity contribution is -0.117. The number of rotatable bonds is 5. The van der Waals surface area contributed by atoms with Crippen molar-refractivity contribution in [2.45, 2.75) is 38.7 Å². The second-order valence-electron chi connectivity index (χ2n) is 6.22. The topological polar surface area (TPSA) is 52.6 Å². The molecule has 0 heterocycles. The summed E-state index contributed by atoms with van der Waals surface area (Å²) >= 11 is 0. The summed E-state index contributed by atoms with van der Waals surface area (Å²) < 4.78 is 0. The van der Waals surface area contributed by atoms with Gasteiger partial charge in [-0.1, -0.05) is 30.5 Å². The van der Waals surface area contributed by atoms with Gasteiger partial charge in [-0.25, -0.2) is 0 Å². The minimum atomic E-state index is -0.207. The molecule has 1 aliphatic carbocycles. The largest absolute Gasteiger partial charge is 0.393 e. The lowest BCUT2D eigenvalue weighted by atomic mass is 9.86. The van der Waals surface area contributed by atoms with Crippen LogP contribution in [0.1, 0.15) is 31.2 Å². The summed E-state index contributed by atoms with van der Waals surface area (Å²) in [5.41, 5.74) is 2.01. The van der Waals surface area contributed by atoms with E-state index in [1.54, 1.807) is 0 Å². The zero-order chi connectivity index (χ0) is 15.2. The average molecular weight is 290 g/mol. The standard InChI is InChI=1S/C17H26N2O2/c1-13-7-9-15(10-8-13)18-17(21)12-19(2)11-14-5-3-4-6-16(14)20/h7-10,14,16,20H,3-6,11-12H2,1-2H3,(H,18,21). The Hall–Kier alpha value is -1.39. The Morgan fingerprint density at radius 2 is 1.95 bits per heavy atom. The fraction of sp³-hybridized carbons (Fsp3) is 0.588. The molecule has 1 fully saturated rings. The summed E-state index contributed by atoms with van der Waals surface area (Å²) in [7, 11) is 1.94. The van der Waals surface area contributed by atoms with Crippen molar-refractivity contribution in [2.24, 2.45) is 5.92 Å². The molecule has 0 radical (unpaired) electrons. The van der Waals surface area contributed by atoms with Crippen LogP contribution in [-0.4, -0.2) is 42.2 Å². The molecule has 0 bridgehead atoms. The third kappa shape index (κ3) is 5.14. The highest BCUT2D eigenvalue weighted by Gasteiger charge is 2.24. The normalized spacial score (nSPS) is 22.3. The molecular weight excluding hydrogens is 264 g/mol. The zero-order valence-corrected chi connectivity index (χ0v) is 13.0. The van der Waals surface area contributed by atoms with Crippen LogP contribution in [0.25, 0.3) is 0 Å². The van der Waals surface area contributed by atoms with Gasteiger partial charge in [0, 0.05) is 12.2 Å². The summed E-state index contributed by atoms with van der Waals surface area (Å²) in [5, 5.41) is 12.9. The van der Waals surface area contributed by atoms with Crippen LogP contribution in [0, 0.1) is 12.8 Å². The molecule has 1 amide bonds. The number of hydrogen-bond donors (Lipinski definition) is 2. The van der Waals surface area contributed by atoms with Crippen LogP contribution < -0.4 is 5.32 Å². The fourth-order valence-corrected chi connectivity index (χ4v) is 2.95. The lowest BCUT2D eigenvalue weighted by Crippen LogP contribution is -2.38. The van der Waals surface area contributed by atoms with Gasteiger partial charge in [-0.2, -0.15) is 0 Å². The van der Waals surface area contributed by atoms with Gasteiger partial charge in [0.1, 0.15) is 0 Å². The van der Waals surface area contributed by atoms with Crippen LogP contribution in [0.4, 0.5) is 5.69 Å². The number of aryl methyl sites for hydroxylation is 1. The fourth-order valence-electron chi connectivity index (χ4n) is 2.95. The third-order valence-electron chi connectivity index (χ3n) is 4.16. The maximum atomic E-state index is 12.0. The van der Waals surface area contributed by atoms with Crippen LogP contribution in [-0.2, 0) is 4.79 Å². The second kappa shape index (κ2) is 7.57. The Morgan fingerprint density at radius 1 is 1.29 bits per heavy atom. The number of amides is 1. The van der Waals surface area contributed by atoms with Crippen LogP contribution in [0.3, 0.4) is 0 Å². The van der Waals surface area contributed by atoms with Gasteiger partial charge in [-0.3, -0.25) is 9.69 Å². The van der Waals surface area contributed by atoms with E-state index in [0.717, 1.165) is 31.5 Å². The van der Waals surface area contributed by atoms with E-state index < -0.39 is 0 Å². The van der Waals surface area contributed by atoms with Crippen molar-refractivity contribution in [1.82, 2.24) is 4.90 Å². The molecule has 116 valence electrons. The molecule has 0 aromatic heterocycles. The Bertz CT molecular complexity index is 458. The first-order valence-corrected chi connectivity index (χ1v) is 7.77. The number of likely N-dealkylation sites (N-methyl/N-ethyl adjacent to an activating group) is 1. The average Bonchev–Trinajstić information content (AvgIpc) is 2.44. The monoisotopic (exact) mass is 290 g/mol. The van der Waals surface area contributed by atoms with Gasteiger partial charge in [0.05, 0.1) is 12.6 Å². The molecule has 1 aromatic carbocycles. The number of nitrogens with zero attached hydrogens (tertiary/aromatic N) is 1. The van der Waals surface area contributed by atoms with Crippen LogP contribution >= 0.6 is 0 Å². The maximum Gasteiger partial charge on any atom is 0.238 e. The van der Waals surface area contributed by atoms with Gasteiger partial charge in [-0.15, -0.1) is 0 Å². The Labute approximate surface area is 127 Å². The molecule has 0 saturated heterocycles.